The number of hydrogen-bond donors (Lipinski definition) is 1. The summed E-state index contributed by atoms with van der Waals surface area (Å²) in [6.07, 6.45) is 0.670. The molecule has 3 nitrogen and oxygen atoms in total. The molecule has 0 saturated carbocycles. The molecular weight excluding hydrogens is 295 g/mol. The van der Waals surface area contributed by atoms with Gasteiger partial charge in [0.2, 0.25) is 5.82 Å². The Balaban J connectivity index is 2.93. The fraction of sp³-hybridized carbons (Fsp3) is 0.0769. The van der Waals surface area contributed by atoms with Crippen molar-refractivity contribution in [2.24, 2.45) is 0 Å². The van der Waals surface area contributed by atoms with Gasteiger partial charge in [0, 0.05) is 6.20 Å². The lowest BCUT2D eigenvalue weighted by atomic mass is 9.98. The third-order valence-electron chi connectivity index (χ3n) is 2.78. The van der Waals surface area contributed by atoms with Crippen molar-refractivity contribution in [1.82, 2.24) is 4.98 Å². The highest BCUT2D eigenvalue weighted by atomic mass is 19.2. The molecule has 1 heterocycles. The molecule has 108 valence electrons. The Morgan fingerprint density at radius 2 is 1.48 bits per heavy atom. The van der Waals surface area contributed by atoms with E-state index in [1.807, 2.05) is 0 Å². The molecule has 1 aromatic heterocycles. The minimum absolute atomic E-state index is 0.149. The van der Waals surface area contributed by atoms with Crippen LogP contribution in [0.25, 0.3) is 11.1 Å². The van der Waals surface area contributed by atoms with Crippen LogP contribution in [0, 0.1) is 40.4 Å². The summed E-state index contributed by atoms with van der Waals surface area (Å²) in [4.78, 5) is 13.8. The monoisotopic (exact) mass is 300 g/mol. The third kappa shape index (κ3) is 2.27. The number of hydrogen-bond acceptors (Lipinski definition) is 2. The van der Waals surface area contributed by atoms with E-state index in [0.717, 1.165) is 12.3 Å². The van der Waals surface area contributed by atoms with E-state index in [1.165, 1.54) is 0 Å². The average Bonchev–Trinajstić information content (AvgIpc) is 2.46. The maximum Gasteiger partial charge on any atom is 0.256 e. The smallest absolute Gasteiger partial charge is 0.256 e. The zero-order valence-electron chi connectivity index (χ0n) is 10.1. The summed E-state index contributed by atoms with van der Waals surface area (Å²) in [5.41, 5.74) is -3.32. The lowest BCUT2D eigenvalue weighted by molar-refractivity contribution is 0.381. The summed E-state index contributed by atoms with van der Waals surface area (Å²) in [6.45, 7) is 0. The molecule has 0 aliphatic heterocycles. The van der Waals surface area contributed by atoms with Crippen molar-refractivity contribution in [2.75, 3.05) is 0 Å². The van der Waals surface area contributed by atoms with Gasteiger partial charge in [-0.15, -0.1) is 0 Å². The minimum Gasteiger partial charge on any atom is -0.329 e. The van der Waals surface area contributed by atoms with Crippen molar-refractivity contribution in [3.05, 3.63) is 57.3 Å². The lowest BCUT2D eigenvalue weighted by Crippen LogP contribution is -2.15. The summed E-state index contributed by atoms with van der Waals surface area (Å²) in [7, 11) is 0. The van der Waals surface area contributed by atoms with E-state index in [2.05, 4.69) is 4.98 Å². The predicted octanol–water partition coefficient (Wildman–Crippen LogP) is 2.80. The van der Waals surface area contributed by atoms with E-state index >= 15 is 0 Å². The number of halogens is 5. The van der Waals surface area contributed by atoms with Gasteiger partial charge < -0.3 is 4.98 Å². The lowest BCUT2D eigenvalue weighted by Gasteiger charge is -2.10. The van der Waals surface area contributed by atoms with Crippen molar-refractivity contribution >= 4 is 0 Å². The predicted molar refractivity (Wildman–Crippen MR) is 61.6 cm³/mol. The molecule has 0 bridgehead atoms. The highest BCUT2D eigenvalue weighted by Crippen LogP contribution is 2.31. The van der Waals surface area contributed by atoms with Gasteiger partial charge in [-0.05, 0) is 11.6 Å². The van der Waals surface area contributed by atoms with Crippen LogP contribution in [0.1, 0.15) is 5.56 Å². The molecular formula is C13H5F5N2O. The standard InChI is InChI=1S/C13H5F5N2O/c14-8-7(9(15)11(17)12(18)10(8)16)6-5(1-3-19)2-4-20-13(6)21/h2,4H,1H2,(H,20,21). The number of aromatic nitrogens is 1. The Bertz CT molecular complexity index is 794. The van der Waals surface area contributed by atoms with Crippen molar-refractivity contribution in [3.63, 3.8) is 0 Å². The molecule has 1 aromatic carbocycles. The first-order chi connectivity index (χ1) is 9.90. The molecule has 2 aromatic rings. The molecule has 0 saturated heterocycles. The van der Waals surface area contributed by atoms with Gasteiger partial charge in [-0.1, -0.05) is 0 Å². The summed E-state index contributed by atoms with van der Waals surface area (Å²) in [5.74, 6) is -10.9. The largest absolute Gasteiger partial charge is 0.329 e. The molecule has 0 aliphatic carbocycles. The zero-order chi connectivity index (χ0) is 15.7. The number of nitrogens with zero attached hydrogens (tertiary/aromatic N) is 1. The maximum atomic E-state index is 13.7. The topological polar surface area (TPSA) is 56.6 Å². The number of nitrogens with one attached hydrogen (secondary N) is 1. The molecule has 2 rings (SSSR count). The van der Waals surface area contributed by atoms with E-state index < -0.39 is 52.2 Å². The minimum atomic E-state index is -2.32. The zero-order valence-corrected chi connectivity index (χ0v) is 10.1. The number of rotatable bonds is 2. The van der Waals surface area contributed by atoms with Gasteiger partial charge in [0.15, 0.2) is 23.3 Å². The van der Waals surface area contributed by atoms with Gasteiger partial charge >= 0.3 is 0 Å². The van der Waals surface area contributed by atoms with Crippen LogP contribution in [0.15, 0.2) is 17.1 Å². The molecule has 0 unspecified atom stereocenters. The molecule has 21 heavy (non-hydrogen) atoms. The van der Waals surface area contributed by atoms with E-state index in [-0.39, 0.29) is 5.56 Å². The van der Waals surface area contributed by atoms with Crippen LogP contribution in [0.2, 0.25) is 0 Å². The van der Waals surface area contributed by atoms with Gasteiger partial charge in [0.25, 0.3) is 5.56 Å². The Morgan fingerprint density at radius 3 is 2.00 bits per heavy atom. The van der Waals surface area contributed by atoms with Crippen molar-refractivity contribution in [2.45, 2.75) is 6.42 Å². The highest BCUT2D eigenvalue weighted by molar-refractivity contribution is 5.68. The molecule has 0 aliphatic rings. The summed E-state index contributed by atoms with van der Waals surface area (Å²) in [5, 5.41) is 8.62. The molecule has 0 radical (unpaired) electrons. The Morgan fingerprint density at radius 1 is 0.952 bits per heavy atom. The number of pyridine rings is 1. The second kappa shape index (κ2) is 5.36. The summed E-state index contributed by atoms with van der Waals surface area (Å²) in [6, 6.07) is 2.79. The second-order valence-electron chi connectivity index (χ2n) is 3.99. The Labute approximate surface area is 114 Å². The summed E-state index contributed by atoms with van der Waals surface area (Å²) < 4.78 is 66.9. The number of H-pyrrole nitrogens is 1. The first-order valence-corrected chi connectivity index (χ1v) is 5.49. The molecule has 0 atom stereocenters. The molecule has 0 fully saturated rings. The van der Waals surface area contributed by atoms with Crippen LogP contribution >= 0.6 is 0 Å². The third-order valence-corrected chi connectivity index (χ3v) is 2.78. The number of benzene rings is 1. The molecule has 0 amide bonds. The first-order valence-electron chi connectivity index (χ1n) is 5.49. The average molecular weight is 300 g/mol. The van der Waals surface area contributed by atoms with Gasteiger partial charge in [-0.2, -0.15) is 5.26 Å². The van der Waals surface area contributed by atoms with E-state index in [1.54, 1.807) is 6.07 Å². The first kappa shape index (κ1) is 14.7. The Kier molecular flexibility index (Phi) is 3.76. The summed E-state index contributed by atoms with van der Waals surface area (Å²) >= 11 is 0. The quantitative estimate of drug-likeness (QED) is 0.527. The SMILES string of the molecule is N#CCc1cc[nH]c(=O)c1-c1c(F)c(F)c(F)c(F)c1F. The second-order valence-corrected chi connectivity index (χ2v) is 3.99. The molecule has 8 heteroatoms. The van der Waals surface area contributed by atoms with Crippen LogP contribution in [0.3, 0.4) is 0 Å². The van der Waals surface area contributed by atoms with Gasteiger partial charge in [0.1, 0.15) is 0 Å². The van der Waals surface area contributed by atoms with Crippen LogP contribution in [-0.4, -0.2) is 4.98 Å². The van der Waals surface area contributed by atoms with Gasteiger partial charge in [0.05, 0.1) is 23.6 Å². The molecule has 1 N–H and O–H groups in total. The van der Waals surface area contributed by atoms with E-state index in [4.69, 9.17) is 5.26 Å². The fourth-order valence-electron chi connectivity index (χ4n) is 1.85. The van der Waals surface area contributed by atoms with Crippen molar-refractivity contribution in [1.29, 1.82) is 5.26 Å². The van der Waals surface area contributed by atoms with Crippen LogP contribution < -0.4 is 5.56 Å². The van der Waals surface area contributed by atoms with E-state index in [0.29, 0.717) is 0 Å². The highest BCUT2D eigenvalue weighted by Gasteiger charge is 2.29. The van der Waals surface area contributed by atoms with E-state index in [9.17, 15) is 26.7 Å². The maximum absolute atomic E-state index is 13.7. The number of nitriles is 1. The number of aromatic amines is 1. The van der Waals surface area contributed by atoms with Crippen molar-refractivity contribution < 1.29 is 22.0 Å². The normalized spacial score (nSPS) is 10.5. The van der Waals surface area contributed by atoms with Crippen LogP contribution in [-0.2, 0) is 6.42 Å². The van der Waals surface area contributed by atoms with Gasteiger partial charge in [-0.3, -0.25) is 4.79 Å². The van der Waals surface area contributed by atoms with Gasteiger partial charge in [-0.25, -0.2) is 22.0 Å². The van der Waals surface area contributed by atoms with Crippen LogP contribution in [0.4, 0.5) is 22.0 Å². The fourth-order valence-corrected chi connectivity index (χ4v) is 1.85. The molecule has 0 spiro atoms. The Hall–Kier alpha value is -2.69. The van der Waals surface area contributed by atoms with Crippen molar-refractivity contribution in [3.8, 4) is 17.2 Å². The van der Waals surface area contributed by atoms with Crippen LogP contribution in [0.5, 0.6) is 0 Å².